The minimum absolute atomic E-state index is 0.104. The Kier molecular flexibility index (Phi) is 9.32. The maximum Gasteiger partial charge on any atom is 0.341 e. The van der Waals surface area contributed by atoms with Crippen LogP contribution in [0.2, 0.25) is 5.02 Å². The van der Waals surface area contributed by atoms with Crippen LogP contribution >= 0.6 is 11.6 Å². The van der Waals surface area contributed by atoms with Gasteiger partial charge in [0.2, 0.25) is 0 Å². The van der Waals surface area contributed by atoms with Gasteiger partial charge in [-0.05, 0) is 58.2 Å². The lowest BCUT2D eigenvalue weighted by Crippen LogP contribution is -2.16. The van der Waals surface area contributed by atoms with E-state index in [9.17, 15) is 9.59 Å². The lowest BCUT2D eigenvalue weighted by atomic mass is 9.93. The molecule has 2 aromatic rings. The van der Waals surface area contributed by atoms with Crippen molar-refractivity contribution in [3.05, 3.63) is 51.1 Å². The van der Waals surface area contributed by atoms with E-state index in [1.807, 2.05) is 33.8 Å². The standard InChI is InChI=1S/C28H34ClNO7/c1-15(2)30-25-18(26(34-6)17(4)19-14-36-28(32)23(19)25)10-8-16(3)9-13-22(31)37-20-11-12-21(33-5)27(35-7)24(20)29/h8,11-12,15,30H,9-10,13-14H2,1-7H3/b16-8+. The zero-order valence-corrected chi connectivity index (χ0v) is 23.1. The van der Waals surface area contributed by atoms with Crippen LogP contribution in [-0.2, 0) is 22.6 Å². The third kappa shape index (κ3) is 6.13. The van der Waals surface area contributed by atoms with Gasteiger partial charge in [-0.2, -0.15) is 0 Å². The van der Waals surface area contributed by atoms with Crippen LogP contribution in [0, 0.1) is 6.92 Å². The summed E-state index contributed by atoms with van der Waals surface area (Å²) in [4.78, 5) is 25.1. The van der Waals surface area contributed by atoms with Gasteiger partial charge in [-0.15, -0.1) is 0 Å². The Morgan fingerprint density at radius 2 is 1.78 bits per heavy atom. The molecule has 1 aliphatic rings. The van der Waals surface area contributed by atoms with Gasteiger partial charge >= 0.3 is 11.9 Å². The van der Waals surface area contributed by atoms with Crippen molar-refractivity contribution in [2.24, 2.45) is 0 Å². The minimum atomic E-state index is -0.419. The molecule has 37 heavy (non-hydrogen) atoms. The molecule has 200 valence electrons. The number of rotatable bonds is 11. The van der Waals surface area contributed by atoms with Crippen molar-refractivity contribution in [3.63, 3.8) is 0 Å². The summed E-state index contributed by atoms with van der Waals surface area (Å²) in [7, 11) is 4.59. The SMILES string of the molecule is COc1ccc(OC(=O)CC/C(C)=C/Cc2c(NC(C)C)c3c(c(C)c2OC)COC3=O)c(Cl)c1OC. The van der Waals surface area contributed by atoms with E-state index in [0.29, 0.717) is 29.9 Å². The largest absolute Gasteiger partial charge is 0.496 e. The molecule has 0 radical (unpaired) electrons. The van der Waals surface area contributed by atoms with Crippen molar-refractivity contribution in [1.29, 1.82) is 0 Å². The summed E-state index contributed by atoms with van der Waals surface area (Å²) in [5.74, 6) is 0.939. The van der Waals surface area contributed by atoms with Crippen molar-refractivity contribution in [3.8, 4) is 23.0 Å². The Balaban J connectivity index is 1.76. The number of cyclic esters (lactones) is 1. The van der Waals surface area contributed by atoms with Crippen LogP contribution in [0.1, 0.15) is 60.7 Å². The molecule has 8 nitrogen and oxygen atoms in total. The Morgan fingerprint density at radius 1 is 1.11 bits per heavy atom. The highest BCUT2D eigenvalue weighted by Crippen LogP contribution is 2.42. The molecule has 0 amide bonds. The van der Waals surface area contributed by atoms with Crippen molar-refractivity contribution in [2.45, 2.75) is 59.6 Å². The van der Waals surface area contributed by atoms with E-state index in [1.54, 1.807) is 19.2 Å². The van der Waals surface area contributed by atoms with E-state index in [4.69, 9.17) is 35.3 Å². The second-order valence-corrected chi connectivity index (χ2v) is 9.46. The second kappa shape index (κ2) is 12.2. The maximum absolute atomic E-state index is 12.5. The first-order valence-corrected chi connectivity index (χ1v) is 12.4. The number of nitrogens with one attached hydrogen (secondary N) is 1. The highest BCUT2D eigenvalue weighted by Gasteiger charge is 2.32. The number of ether oxygens (including phenoxy) is 5. The fraction of sp³-hybridized carbons (Fsp3) is 0.429. The van der Waals surface area contributed by atoms with Gasteiger partial charge in [0, 0.05) is 23.6 Å². The van der Waals surface area contributed by atoms with Gasteiger partial charge < -0.3 is 29.0 Å². The Labute approximate surface area is 222 Å². The summed E-state index contributed by atoms with van der Waals surface area (Å²) in [5.41, 5.74) is 4.93. The average molecular weight is 532 g/mol. The third-order valence-electron chi connectivity index (χ3n) is 6.16. The fourth-order valence-corrected chi connectivity index (χ4v) is 4.57. The molecule has 3 rings (SSSR count). The van der Waals surface area contributed by atoms with Gasteiger partial charge in [0.25, 0.3) is 0 Å². The Hall–Kier alpha value is -3.39. The van der Waals surface area contributed by atoms with Crippen molar-refractivity contribution in [2.75, 3.05) is 26.6 Å². The summed E-state index contributed by atoms with van der Waals surface area (Å²) >= 11 is 6.32. The van der Waals surface area contributed by atoms with E-state index < -0.39 is 5.97 Å². The van der Waals surface area contributed by atoms with Gasteiger partial charge in [0.15, 0.2) is 17.2 Å². The molecular weight excluding hydrogens is 498 g/mol. The lowest BCUT2D eigenvalue weighted by molar-refractivity contribution is -0.134. The van der Waals surface area contributed by atoms with Crippen LogP contribution in [-0.4, -0.2) is 39.3 Å². The van der Waals surface area contributed by atoms with Gasteiger partial charge in [0.05, 0.1) is 32.6 Å². The Bertz CT molecular complexity index is 1220. The van der Waals surface area contributed by atoms with Gasteiger partial charge in [-0.3, -0.25) is 4.79 Å². The van der Waals surface area contributed by atoms with Crippen molar-refractivity contribution < 1.29 is 33.3 Å². The molecule has 0 fully saturated rings. The first-order chi connectivity index (χ1) is 17.6. The zero-order valence-electron chi connectivity index (χ0n) is 22.4. The molecule has 0 saturated carbocycles. The topological polar surface area (TPSA) is 92.3 Å². The number of anilines is 1. The van der Waals surface area contributed by atoms with Crippen molar-refractivity contribution >= 4 is 29.2 Å². The lowest BCUT2D eigenvalue weighted by Gasteiger charge is -2.22. The predicted octanol–water partition coefficient (Wildman–Crippen LogP) is 6.04. The molecule has 0 unspecified atom stereocenters. The fourth-order valence-electron chi connectivity index (χ4n) is 4.30. The second-order valence-electron chi connectivity index (χ2n) is 9.08. The van der Waals surface area contributed by atoms with Gasteiger partial charge in [0.1, 0.15) is 17.4 Å². The highest BCUT2D eigenvalue weighted by atomic mass is 35.5. The summed E-state index contributed by atoms with van der Waals surface area (Å²) in [6.45, 7) is 8.16. The van der Waals surface area contributed by atoms with Crippen molar-refractivity contribution in [1.82, 2.24) is 0 Å². The normalized spacial score (nSPS) is 12.8. The van der Waals surface area contributed by atoms with Crippen LogP contribution in [0.3, 0.4) is 0 Å². The number of methoxy groups -OCH3 is 3. The Morgan fingerprint density at radius 3 is 2.41 bits per heavy atom. The number of hydrogen-bond donors (Lipinski definition) is 1. The average Bonchev–Trinajstić information content (AvgIpc) is 3.25. The monoisotopic (exact) mass is 531 g/mol. The zero-order chi connectivity index (χ0) is 27.3. The first-order valence-electron chi connectivity index (χ1n) is 12.1. The number of allylic oxidation sites excluding steroid dienone is 2. The molecule has 1 N–H and O–H groups in total. The number of benzene rings is 2. The van der Waals surface area contributed by atoms with E-state index in [1.165, 1.54) is 14.2 Å². The summed E-state index contributed by atoms with van der Waals surface area (Å²) < 4.78 is 27.0. The minimum Gasteiger partial charge on any atom is -0.496 e. The van der Waals surface area contributed by atoms with Crippen LogP contribution in [0.25, 0.3) is 0 Å². The summed E-state index contributed by atoms with van der Waals surface area (Å²) in [5, 5.41) is 3.59. The van der Waals surface area contributed by atoms with Gasteiger partial charge in [-0.25, -0.2) is 4.79 Å². The number of esters is 2. The molecule has 0 saturated heterocycles. The quantitative estimate of drug-likeness (QED) is 0.213. The van der Waals surface area contributed by atoms with Crippen LogP contribution < -0.4 is 24.3 Å². The molecule has 0 bridgehead atoms. The van der Waals surface area contributed by atoms with Crippen LogP contribution in [0.5, 0.6) is 23.0 Å². The van der Waals surface area contributed by atoms with E-state index in [2.05, 4.69) is 5.32 Å². The molecule has 0 aromatic heterocycles. The molecule has 0 atom stereocenters. The molecular formula is C28H34ClNO7. The van der Waals surface area contributed by atoms with E-state index >= 15 is 0 Å². The summed E-state index contributed by atoms with van der Waals surface area (Å²) in [6, 6.07) is 3.30. The predicted molar refractivity (Wildman–Crippen MR) is 142 cm³/mol. The number of halogens is 1. The molecule has 0 aliphatic carbocycles. The number of hydrogen-bond acceptors (Lipinski definition) is 8. The smallest absolute Gasteiger partial charge is 0.341 e. The van der Waals surface area contributed by atoms with E-state index in [0.717, 1.165) is 33.7 Å². The summed E-state index contributed by atoms with van der Waals surface area (Å²) in [6.07, 6.45) is 3.20. The molecule has 2 aromatic carbocycles. The van der Waals surface area contributed by atoms with E-state index in [-0.39, 0.29) is 35.8 Å². The highest BCUT2D eigenvalue weighted by molar-refractivity contribution is 6.34. The maximum atomic E-state index is 12.5. The molecule has 1 aliphatic heterocycles. The van der Waals surface area contributed by atoms with Crippen LogP contribution in [0.15, 0.2) is 23.8 Å². The van der Waals surface area contributed by atoms with Crippen LogP contribution in [0.4, 0.5) is 5.69 Å². The van der Waals surface area contributed by atoms with Gasteiger partial charge in [-0.1, -0.05) is 23.3 Å². The molecule has 0 spiro atoms. The number of carbonyl (C=O) groups excluding carboxylic acids is 2. The first kappa shape index (κ1) is 28.2. The third-order valence-corrected chi connectivity index (χ3v) is 6.52. The number of carbonyl (C=O) groups is 2. The number of fused-ring (bicyclic) bond motifs is 1. The molecule has 1 heterocycles. The molecule has 9 heteroatoms.